The Morgan fingerprint density at radius 1 is 1.42 bits per heavy atom. The summed E-state index contributed by atoms with van der Waals surface area (Å²) in [7, 11) is 0. The summed E-state index contributed by atoms with van der Waals surface area (Å²) in [6.45, 7) is 3.93. The van der Waals surface area contributed by atoms with Crippen LogP contribution < -0.4 is 5.32 Å². The summed E-state index contributed by atoms with van der Waals surface area (Å²) in [4.78, 5) is 12.1. The second-order valence-electron chi connectivity index (χ2n) is 4.62. The van der Waals surface area contributed by atoms with Crippen LogP contribution in [0.5, 0.6) is 0 Å². The number of carbonyl (C=O) groups excluding carboxylic acids is 1. The molecule has 19 heavy (non-hydrogen) atoms. The number of halogens is 1. The lowest BCUT2D eigenvalue weighted by Crippen LogP contribution is -2.34. The Morgan fingerprint density at radius 3 is 2.84 bits per heavy atom. The van der Waals surface area contributed by atoms with Crippen LogP contribution in [0.3, 0.4) is 0 Å². The van der Waals surface area contributed by atoms with Crippen LogP contribution in [0.4, 0.5) is 0 Å². The molecule has 1 N–H and O–H groups in total. The topological polar surface area (TPSA) is 42.2 Å². The van der Waals surface area contributed by atoms with Crippen molar-refractivity contribution in [1.82, 2.24) is 5.32 Å². The Hall–Kier alpha value is -1.55. The molecule has 2 aromatic rings. The van der Waals surface area contributed by atoms with E-state index in [1.54, 1.807) is 6.26 Å². The molecule has 100 valence electrons. The van der Waals surface area contributed by atoms with Gasteiger partial charge in [0.05, 0.1) is 6.26 Å². The quantitative estimate of drug-likeness (QED) is 0.932. The molecule has 0 saturated carbocycles. The fourth-order valence-corrected chi connectivity index (χ4v) is 2.12. The van der Waals surface area contributed by atoms with Crippen LogP contribution in [0, 0.1) is 6.92 Å². The van der Waals surface area contributed by atoms with Crippen LogP contribution in [0.15, 0.2) is 45.5 Å². The van der Waals surface area contributed by atoms with Gasteiger partial charge in [-0.05, 0) is 49.7 Å². The average Bonchev–Trinajstić information content (AvgIpc) is 2.85. The standard InChI is InChI=1S/C15H16BrNO2/c1-10-8-12(5-6-14(10)16)15(18)17-11(2)9-13-4-3-7-19-13/h3-8,11H,9H2,1-2H3,(H,17,18). The zero-order chi connectivity index (χ0) is 13.8. The molecule has 1 heterocycles. The molecule has 0 fully saturated rings. The molecule has 0 aliphatic heterocycles. The highest BCUT2D eigenvalue weighted by Crippen LogP contribution is 2.17. The Kier molecular flexibility index (Phi) is 4.43. The van der Waals surface area contributed by atoms with Crippen LogP contribution in [0.2, 0.25) is 0 Å². The highest BCUT2D eigenvalue weighted by Gasteiger charge is 2.12. The molecule has 0 aliphatic carbocycles. The minimum Gasteiger partial charge on any atom is -0.469 e. The van der Waals surface area contributed by atoms with Gasteiger partial charge in [0, 0.05) is 22.5 Å². The van der Waals surface area contributed by atoms with E-state index in [9.17, 15) is 4.79 Å². The molecular formula is C15H16BrNO2. The molecule has 0 spiro atoms. The van der Waals surface area contributed by atoms with Crippen LogP contribution in [-0.2, 0) is 6.42 Å². The van der Waals surface area contributed by atoms with E-state index in [0.717, 1.165) is 15.8 Å². The second-order valence-corrected chi connectivity index (χ2v) is 5.48. The zero-order valence-corrected chi connectivity index (χ0v) is 12.5. The van der Waals surface area contributed by atoms with Crippen molar-refractivity contribution >= 4 is 21.8 Å². The van der Waals surface area contributed by atoms with Gasteiger partial charge in [-0.3, -0.25) is 4.79 Å². The molecule has 1 amide bonds. The number of nitrogens with one attached hydrogen (secondary N) is 1. The molecule has 0 aliphatic rings. The van der Waals surface area contributed by atoms with Gasteiger partial charge in [0.2, 0.25) is 0 Å². The molecule has 0 radical (unpaired) electrons. The largest absolute Gasteiger partial charge is 0.469 e. The van der Waals surface area contributed by atoms with Crippen LogP contribution >= 0.6 is 15.9 Å². The van der Waals surface area contributed by atoms with Gasteiger partial charge in [-0.2, -0.15) is 0 Å². The fourth-order valence-electron chi connectivity index (χ4n) is 1.87. The Balaban J connectivity index is 1.98. The SMILES string of the molecule is Cc1cc(C(=O)NC(C)Cc2ccco2)ccc1Br. The van der Waals surface area contributed by atoms with Crippen molar-refractivity contribution in [2.75, 3.05) is 0 Å². The number of hydrogen-bond donors (Lipinski definition) is 1. The first-order valence-corrected chi connectivity index (χ1v) is 6.95. The maximum absolute atomic E-state index is 12.1. The smallest absolute Gasteiger partial charge is 0.251 e. The van der Waals surface area contributed by atoms with E-state index in [4.69, 9.17) is 4.42 Å². The normalized spacial score (nSPS) is 12.2. The van der Waals surface area contributed by atoms with Gasteiger partial charge in [0.15, 0.2) is 0 Å². The number of carbonyl (C=O) groups is 1. The molecule has 0 saturated heterocycles. The summed E-state index contributed by atoms with van der Waals surface area (Å²) >= 11 is 3.43. The lowest BCUT2D eigenvalue weighted by molar-refractivity contribution is 0.0939. The third kappa shape index (κ3) is 3.70. The van der Waals surface area contributed by atoms with Crippen molar-refractivity contribution < 1.29 is 9.21 Å². The van der Waals surface area contributed by atoms with E-state index in [1.165, 1.54) is 0 Å². The van der Waals surface area contributed by atoms with Gasteiger partial charge in [0.25, 0.3) is 5.91 Å². The summed E-state index contributed by atoms with van der Waals surface area (Å²) in [6.07, 6.45) is 2.33. The third-order valence-electron chi connectivity index (χ3n) is 2.89. The van der Waals surface area contributed by atoms with Crippen LogP contribution in [0.25, 0.3) is 0 Å². The van der Waals surface area contributed by atoms with Gasteiger partial charge in [-0.25, -0.2) is 0 Å². The van der Waals surface area contributed by atoms with E-state index in [1.807, 2.05) is 44.2 Å². The zero-order valence-electron chi connectivity index (χ0n) is 10.9. The molecule has 1 aromatic carbocycles. The van der Waals surface area contributed by atoms with E-state index >= 15 is 0 Å². The lowest BCUT2D eigenvalue weighted by atomic mass is 10.1. The molecule has 1 aromatic heterocycles. The summed E-state index contributed by atoms with van der Waals surface area (Å²) in [6, 6.07) is 9.36. The first-order valence-electron chi connectivity index (χ1n) is 6.15. The number of amides is 1. The van der Waals surface area contributed by atoms with Gasteiger partial charge >= 0.3 is 0 Å². The molecule has 1 atom stereocenters. The number of furan rings is 1. The first-order chi connectivity index (χ1) is 9.06. The summed E-state index contributed by atoms with van der Waals surface area (Å²) in [5.41, 5.74) is 1.72. The number of hydrogen-bond acceptors (Lipinski definition) is 2. The Bertz CT molecular complexity index is 564. The second kappa shape index (κ2) is 6.06. The van der Waals surface area contributed by atoms with E-state index in [-0.39, 0.29) is 11.9 Å². The lowest BCUT2D eigenvalue weighted by Gasteiger charge is -2.13. The van der Waals surface area contributed by atoms with Crippen molar-refractivity contribution in [2.24, 2.45) is 0 Å². The van der Waals surface area contributed by atoms with Gasteiger partial charge < -0.3 is 9.73 Å². The molecule has 2 rings (SSSR count). The van der Waals surface area contributed by atoms with Crippen LogP contribution in [0.1, 0.15) is 28.6 Å². The van der Waals surface area contributed by atoms with Gasteiger partial charge in [0.1, 0.15) is 5.76 Å². The molecule has 1 unspecified atom stereocenters. The Labute approximate surface area is 121 Å². The van der Waals surface area contributed by atoms with E-state index in [0.29, 0.717) is 12.0 Å². The highest BCUT2D eigenvalue weighted by atomic mass is 79.9. The van der Waals surface area contributed by atoms with Crippen molar-refractivity contribution in [3.05, 3.63) is 58.0 Å². The molecule has 4 heteroatoms. The van der Waals surface area contributed by atoms with Gasteiger partial charge in [-0.1, -0.05) is 15.9 Å². The van der Waals surface area contributed by atoms with E-state index in [2.05, 4.69) is 21.2 Å². The van der Waals surface area contributed by atoms with E-state index < -0.39 is 0 Å². The Morgan fingerprint density at radius 2 is 2.21 bits per heavy atom. The average molecular weight is 322 g/mol. The van der Waals surface area contributed by atoms with Crippen molar-refractivity contribution in [1.29, 1.82) is 0 Å². The maximum atomic E-state index is 12.1. The molecule has 0 bridgehead atoms. The summed E-state index contributed by atoms with van der Waals surface area (Å²) < 4.78 is 6.28. The predicted octanol–water partition coefficient (Wildman–Crippen LogP) is 3.71. The highest BCUT2D eigenvalue weighted by molar-refractivity contribution is 9.10. The van der Waals surface area contributed by atoms with Crippen LogP contribution in [-0.4, -0.2) is 11.9 Å². The summed E-state index contributed by atoms with van der Waals surface area (Å²) in [5.74, 6) is 0.814. The molecule has 3 nitrogen and oxygen atoms in total. The fraction of sp³-hybridized carbons (Fsp3) is 0.267. The van der Waals surface area contributed by atoms with Gasteiger partial charge in [-0.15, -0.1) is 0 Å². The maximum Gasteiger partial charge on any atom is 0.251 e. The minimum atomic E-state index is -0.0605. The molecular weight excluding hydrogens is 306 g/mol. The summed E-state index contributed by atoms with van der Waals surface area (Å²) in [5, 5.41) is 2.97. The minimum absolute atomic E-state index is 0.0302. The first kappa shape index (κ1) is 13.9. The van der Waals surface area contributed by atoms with Crippen molar-refractivity contribution in [2.45, 2.75) is 26.3 Å². The van der Waals surface area contributed by atoms with Crippen molar-refractivity contribution in [3.63, 3.8) is 0 Å². The number of rotatable bonds is 4. The third-order valence-corrected chi connectivity index (χ3v) is 3.77. The van der Waals surface area contributed by atoms with Crippen molar-refractivity contribution in [3.8, 4) is 0 Å². The predicted molar refractivity (Wildman–Crippen MR) is 78.2 cm³/mol. The monoisotopic (exact) mass is 321 g/mol. The number of benzene rings is 1. The number of aryl methyl sites for hydroxylation is 1.